The first-order valence-electron chi connectivity index (χ1n) is 6.99. The quantitative estimate of drug-likeness (QED) is 0.867. The van der Waals surface area contributed by atoms with Crippen LogP contribution < -0.4 is 5.32 Å². The third-order valence-electron chi connectivity index (χ3n) is 4.05. The maximum atomic E-state index is 13.2. The summed E-state index contributed by atoms with van der Waals surface area (Å²) in [6.45, 7) is 1.26. The van der Waals surface area contributed by atoms with Gasteiger partial charge in [-0.25, -0.2) is 8.78 Å². The highest BCUT2D eigenvalue weighted by molar-refractivity contribution is 8.00. The van der Waals surface area contributed by atoms with Crippen molar-refractivity contribution in [1.82, 2.24) is 5.32 Å². The van der Waals surface area contributed by atoms with Crippen LogP contribution >= 0.6 is 11.8 Å². The van der Waals surface area contributed by atoms with Crippen molar-refractivity contribution in [2.45, 2.75) is 43.4 Å². The third-order valence-corrected chi connectivity index (χ3v) is 5.47. The van der Waals surface area contributed by atoms with Gasteiger partial charge in [-0.2, -0.15) is 11.8 Å². The van der Waals surface area contributed by atoms with Crippen LogP contribution in [0, 0.1) is 11.6 Å². The lowest BCUT2D eigenvalue weighted by Crippen LogP contribution is -2.39. The van der Waals surface area contributed by atoms with Gasteiger partial charge in [0, 0.05) is 17.8 Å². The van der Waals surface area contributed by atoms with E-state index in [9.17, 15) is 8.78 Å². The van der Waals surface area contributed by atoms with Crippen LogP contribution in [0.4, 0.5) is 8.78 Å². The van der Waals surface area contributed by atoms with Crippen LogP contribution in [0.15, 0.2) is 12.1 Å². The van der Waals surface area contributed by atoms with Crippen molar-refractivity contribution in [3.8, 4) is 5.75 Å². The maximum absolute atomic E-state index is 13.2. The van der Waals surface area contributed by atoms with Gasteiger partial charge in [-0.3, -0.25) is 0 Å². The van der Waals surface area contributed by atoms with Crippen molar-refractivity contribution in [2.24, 2.45) is 0 Å². The Morgan fingerprint density at radius 1 is 1.20 bits per heavy atom. The SMILES string of the molecule is CSC1(CNCc2cc(F)c(O)c(F)c2)CCCCC1. The maximum Gasteiger partial charge on any atom is 0.187 e. The first-order chi connectivity index (χ1) is 9.56. The molecule has 0 spiro atoms. The van der Waals surface area contributed by atoms with E-state index < -0.39 is 17.4 Å². The summed E-state index contributed by atoms with van der Waals surface area (Å²) in [4.78, 5) is 0. The second-order valence-electron chi connectivity index (χ2n) is 5.46. The summed E-state index contributed by atoms with van der Waals surface area (Å²) < 4.78 is 26.7. The molecule has 0 aliphatic heterocycles. The normalized spacial score (nSPS) is 18.1. The average Bonchev–Trinajstić information content (AvgIpc) is 2.45. The van der Waals surface area contributed by atoms with Crippen LogP contribution in [-0.4, -0.2) is 22.7 Å². The van der Waals surface area contributed by atoms with E-state index in [1.54, 1.807) is 0 Å². The first kappa shape index (κ1) is 15.6. The number of hydrogen-bond donors (Lipinski definition) is 2. The molecule has 0 saturated heterocycles. The topological polar surface area (TPSA) is 32.3 Å². The smallest absolute Gasteiger partial charge is 0.187 e. The van der Waals surface area contributed by atoms with Crippen molar-refractivity contribution in [2.75, 3.05) is 12.8 Å². The van der Waals surface area contributed by atoms with Crippen LogP contribution in [0.25, 0.3) is 0 Å². The van der Waals surface area contributed by atoms with E-state index in [2.05, 4.69) is 11.6 Å². The van der Waals surface area contributed by atoms with E-state index >= 15 is 0 Å². The van der Waals surface area contributed by atoms with Crippen LogP contribution in [0.2, 0.25) is 0 Å². The van der Waals surface area contributed by atoms with Crippen LogP contribution in [0.5, 0.6) is 5.75 Å². The molecule has 5 heteroatoms. The zero-order valence-corrected chi connectivity index (χ0v) is 12.5. The number of thioether (sulfide) groups is 1. The van der Waals surface area contributed by atoms with Crippen LogP contribution in [0.1, 0.15) is 37.7 Å². The molecule has 1 aromatic carbocycles. The van der Waals surface area contributed by atoms with E-state index in [4.69, 9.17) is 5.11 Å². The molecule has 1 aliphatic carbocycles. The Morgan fingerprint density at radius 3 is 2.35 bits per heavy atom. The second kappa shape index (κ2) is 6.76. The summed E-state index contributed by atoms with van der Waals surface area (Å²) in [6, 6.07) is 2.36. The van der Waals surface area contributed by atoms with Gasteiger partial charge in [0.05, 0.1) is 0 Å². The van der Waals surface area contributed by atoms with E-state index in [0.717, 1.165) is 6.54 Å². The molecule has 0 amide bonds. The largest absolute Gasteiger partial charge is 0.503 e. The monoisotopic (exact) mass is 301 g/mol. The number of nitrogens with one attached hydrogen (secondary N) is 1. The number of phenolic OH excluding ortho intramolecular Hbond substituents is 1. The summed E-state index contributed by atoms with van der Waals surface area (Å²) >= 11 is 1.89. The molecule has 0 atom stereocenters. The molecule has 2 N–H and O–H groups in total. The third kappa shape index (κ3) is 3.64. The van der Waals surface area contributed by atoms with Gasteiger partial charge >= 0.3 is 0 Å². The second-order valence-corrected chi connectivity index (χ2v) is 6.73. The van der Waals surface area contributed by atoms with Gasteiger partial charge in [-0.1, -0.05) is 19.3 Å². The van der Waals surface area contributed by atoms with Crippen molar-refractivity contribution >= 4 is 11.8 Å². The minimum atomic E-state index is -0.904. The molecule has 20 heavy (non-hydrogen) atoms. The van der Waals surface area contributed by atoms with Crippen molar-refractivity contribution in [3.05, 3.63) is 29.3 Å². The number of aromatic hydroxyl groups is 1. The zero-order valence-electron chi connectivity index (χ0n) is 11.7. The van der Waals surface area contributed by atoms with Crippen molar-refractivity contribution in [1.29, 1.82) is 0 Å². The standard InChI is InChI=1S/C15H21F2NOS/c1-20-15(5-3-2-4-6-15)10-18-9-11-7-12(16)14(19)13(17)8-11/h7-8,18-19H,2-6,9-10H2,1H3. The summed E-state index contributed by atoms with van der Waals surface area (Å²) in [7, 11) is 0. The zero-order chi connectivity index (χ0) is 14.6. The minimum absolute atomic E-state index is 0.256. The highest BCUT2D eigenvalue weighted by Gasteiger charge is 2.30. The van der Waals surface area contributed by atoms with Crippen LogP contribution in [0.3, 0.4) is 0 Å². The summed E-state index contributed by atoms with van der Waals surface area (Å²) in [5, 5.41) is 12.4. The number of rotatable bonds is 5. The number of halogens is 2. The Labute approximate surface area is 123 Å². The molecular weight excluding hydrogens is 280 g/mol. The van der Waals surface area contributed by atoms with Gasteiger partial charge in [0.2, 0.25) is 0 Å². The van der Waals surface area contributed by atoms with Gasteiger partial charge in [-0.15, -0.1) is 0 Å². The minimum Gasteiger partial charge on any atom is -0.503 e. The predicted molar refractivity (Wildman–Crippen MR) is 79.1 cm³/mol. The Morgan fingerprint density at radius 2 is 1.80 bits per heavy atom. The van der Waals surface area contributed by atoms with E-state index in [1.807, 2.05) is 11.8 Å². The molecule has 1 aromatic rings. The number of phenols is 1. The average molecular weight is 301 g/mol. The summed E-state index contributed by atoms with van der Waals surface area (Å²) in [5.74, 6) is -2.71. The number of benzene rings is 1. The molecule has 1 fully saturated rings. The molecular formula is C15H21F2NOS. The fraction of sp³-hybridized carbons (Fsp3) is 0.600. The van der Waals surface area contributed by atoms with Gasteiger partial charge in [0.15, 0.2) is 17.4 Å². The predicted octanol–water partition coefficient (Wildman–Crippen LogP) is 3.83. The molecule has 2 nitrogen and oxygen atoms in total. The Hall–Kier alpha value is -0.810. The van der Waals surface area contributed by atoms with Gasteiger partial charge in [0.1, 0.15) is 0 Å². The summed E-state index contributed by atoms with van der Waals surface area (Å²) in [5.41, 5.74) is 0.518. The summed E-state index contributed by atoms with van der Waals surface area (Å²) in [6.07, 6.45) is 8.33. The van der Waals surface area contributed by atoms with Gasteiger partial charge in [-0.05, 0) is 36.8 Å². The van der Waals surface area contributed by atoms with E-state index in [-0.39, 0.29) is 4.75 Å². The fourth-order valence-electron chi connectivity index (χ4n) is 2.80. The number of hydrogen-bond acceptors (Lipinski definition) is 3. The van der Waals surface area contributed by atoms with Gasteiger partial charge < -0.3 is 10.4 Å². The lowest BCUT2D eigenvalue weighted by Gasteiger charge is -2.36. The highest BCUT2D eigenvalue weighted by atomic mass is 32.2. The molecule has 0 radical (unpaired) electrons. The van der Waals surface area contributed by atoms with Gasteiger partial charge in [0.25, 0.3) is 0 Å². The molecule has 112 valence electrons. The molecule has 0 bridgehead atoms. The van der Waals surface area contributed by atoms with E-state index in [0.29, 0.717) is 12.1 Å². The molecule has 0 aromatic heterocycles. The molecule has 2 rings (SSSR count). The molecule has 0 unspecified atom stereocenters. The van der Waals surface area contributed by atoms with E-state index in [1.165, 1.54) is 44.2 Å². The van der Waals surface area contributed by atoms with Crippen LogP contribution in [-0.2, 0) is 6.54 Å². The van der Waals surface area contributed by atoms with Crippen molar-refractivity contribution in [3.63, 3.8) is 0 Å². The molecule has 1 aliphatic rings. The lowest BCUT2D eigenvalue weighted by molar-refractivity contribution is 0.377. The first-order valence-corrected chi connectivity index (χ1v) is 8.21. The Kier molecular flexibility index (Phi) is 5.27. The molecule has 0 heterocycles. The highest BCUT2D eigenvalue weighted by Crippen LogP contribution is 2.38. The fourth-order valence-corrected chi connectivity index (χ4v) is 3.75. The Balaban J connectivity index is 1.92. The van der Waals surface area contributed by atoms with Crippen molar-refractivity contribution < 1.29 is 13.9 Å². The Bertz CT molecular complexity index is 438. The lowest BCUT2D eigenvalue weighted by atomic mass is 9.88. The molecule has 1 saturated carbocycles.